The first kappa shape index (κ1) is 16.9. The number of fused-ring (bicyclic) bond motifs is 1. The minimum atomic E-state index is -4.67. The van der Waals surface area contributed by atoms with Crippen molar-refractivity contribution in [2.75, 3.05) is 13.2 Å². The summed E-state index contributed by atoms with van der Waals surface area (Å²) in [6.07, 6.45) is -3.90. The summed E-state index contributed by atoms with van der Waals surface area (Å²) in [5.41, 5.74) is -2.44. The van der Waals surface area contributed by atoms with Gasteiger partial charge in [0.15, 0.2) is 6.61 Å². The Kier molecular flexibility index (Phi) is 4.92. The molecule has 0 spiro atoms. The lowest BCUT2D eigenvalue weighted by Gasteiger charge is -2.10. The molecule has 5 nitrogen and oxygen atoms in total. The van der Waals surface area contributed by atoms with Gasteiger partial charge < -0.3 is 14.5 Å². The summed E-state index contributed by atoms with van der Waals surface area (Å²) >= 11 is 0. The van der Waals surface area contributed by atoms with Crippen molar-refractivity contribution in [3.63, 3.8) is 0 Å². The molecule has 2 aromatic rings. The largest absolute Gasteiger partial charge is 0.484 e. The van der Waals surface area contributed by atoms with E-state index in [1.165, 1.54) is 6.07 Å². The van der Waals surface area contributed by atoms with Gasteiger partial charge in [-0.25, -0.2) is 4.79 Å². The molecule has 0 aliphatic rings. The van der Waals surface area contributed by atoms with Crippen LogP contribution in [0.5, 0.6) is 5.75 Å². The van der Waals surface area contributed by atoms with E-state index in [-0.39, 0.29) is 29.2 Å². The fraction of sp³-hybridized carbons (Fsp3) is 0.333. The molecular formula is C15H14F3NO4. The fourth-order valence-corrected chi connectivity index (χ4v) is 1.93. The first-order valence-electron chi connectivity index (χ1n) is 6.86. The predicted molar refractivity (Wildman–Crippen MR) is 76.3 cm³/mol. The molecule has 0 saturated carbocycles. The van der Waals surface area contributed by atoms with E-state index in [0.29, 0.717) is 12.6 Å². The first-order chi connectivity index (χ1) is 10.8. The van der Waals surface area contributed by atoms with Gasteiger partial charge >= 0.3 is 11.8 Å². The van der Waals surface area contributed by atoms with Gasteiger partial charge in [-0.2, -0.15) is 13.2 Å². The van der Waals surface area contributed by atoms with Crippen LogP contribution >= 0.6 is 0 Å². The summed E-state index contributed by atoms with van der Waals surface area (Å²) in [5.74, 6) is -0.218. The average molecular weight is 329 g/mol. The summed E-state index contributed by atoms with van der Waals surface area (Å²) in [4.78, 5) is 22.7. The number of nitrogens with one attached hydrogen (secondary N) is 1. The molecular weight excluding hydrogens is 315 g/mol. The van der Waals surface area contributed by atoms with Crippen molar-refractivity contribution in [1.29, 1.82) is 0 Å². The minimum absolute atomic E-state index is 0.131. The van der Waals surface area contributed by atoms with E-state index < -0.39 is 17.4 Å². The van der Waals surface area contributed by atoms with E-state index in [4.69, 9.17) is 9.15 Å². The number of hydrogen-bond donors (Lipinski definition) is 1. The van der Waals surface area contributed by atoms with E-state index >= 15 is 0 Å². The molecule has 0 atom stereocenters. The number of benzene rings is 1. The molecule has 0 fully saturated rings. The average Bonchev–Trinajstić information content (AvgIpc) is 2.48. The smallest absolute Gasteiger partial charge is 0.417 e. The summed E-state index contributed by atoms with van der Waals surface area (Å²) < 4.78 is 48.7. The number of halogens is 3. The Morgan fingerprint density at radius 1 is 1.30 bits per heavy atom. The molecule has 8 heteroatoms. The molecule has 1 aromatic heterocycles. The maximum Gasteiger partial charge on any atom is 0.417 e. The highest BCUT2D eigenvalue weighted by atomic mass is 19.4. The van der Waals surface area contributed by atoms with E-state index in [0.717, 1.165) is 18.6 Å². The number of carbonyl (C=O) groups excluding carboxylic acids is 1. The number of hydrogen-bond acceptors (Lipinski definition) is 4. The number of ether oxygens (including phenoxy) is 1. The fourth-order valence-electron chi connectivity index (χ4n) is 1.93. The van der Waals surface area contributed by atoms with Crippen molar-refractivity contribution in [2.24, 2.45) is 0 Å². The molecule has 0 saturated heterocycles. The van der Waals surface area contributed by atoms with Crippen LogP contribution in [0.15, 0.2) is 33.5 Å². The molecule has 1 N–H and O–H groups in total. The Balaban J connectivity index is 2.26. The van der Waals surface area contributed by atoms with Gasteiger partial charge in [-0.15, -0.1) is 0 Å². The van der Waals surface area contributed by atoms with Crippen LogP contribution in [0.1, 0.15) is 18.9 Å². The molecule has 0 radical (unpaired) electrons. The van der Waals surface area contributed by atoms with E-state index in [2.05, 4.69) is 5.32 Å². The third kappa shape index (κ3) is 4.24. The molecule has 1 aromatic carbocycles. The van der Waals surface area contributed by atoms with Crippen LogP contribution in [0, 0.1) is 0 Å². The van der Waals surface area contributed by atoms with Crippen molar-refractivity contribution in [2.45, 2.75) is 19.5 Å². The van der Waals surface area contributed by atoms with E-state index in [9.17, 15) is 22.8 Å². The van der Waals surface area contributed by atoms with Crippen LogP contribution in [0.25, 0.3) is 11.0 Å². The quantitative estimate of drug-likeness (QED) is 0.857. The maximum absolute atomic E-state index is 12.9. The third-order valence-electron chi connectivity index (χ3n) is 2.96. The Bertz CT molecular complexity index is 767. The first-order valence-corrected chi connectivity index (χ1v) is 6.86. The second kappa shape index (κ2) is 6.72. The highest BCUT2D eigenvalue weighted by Crippen LogP contribution is 2.34. The van der Waals surface area contributed by atoms with Gasteiger partial charge in [-0.1, -0.05) is 6.92 Å². The zero-order valence-corrected chi connectivity index (χ0v) is 12.2. The summed E-state index contributed by atoms with van der Waals surface area (Å²) in [6.45, 7) is 2.11. The lowest BCUT2D eigenvalue weighted by Crippen LogP contribution is -2.29. The molecule has 1 amide bonds. The Morgan fingerprint density at radius 3 is 2.70 bits per heavy atom. The summed E-state index contributed by atoms with van der Waals surface area (Å²) in [7, 11) is 0. The second-order valence-corrected chi connectivity index (χ2v) is 4.77. The Hall–Kier alpha value is -2.51. The van der Waals surface area contributed by atoms with Crippen LogP contribution in [0.4, 0.5) is 13.2 Å². The molecule has 2 rings (SSSR count). The van der Waals surface area contributed by atoms with E-state index in [1.54, 1.807) is 0 Å². The summed E-state index contributed by atoms with van der Waals surface area (Å²) in [5, 5.41) is 2.34. The molecule has 124 valence electrons. The molecule has 23 heavy (non-hydrogen) atoms. The van der Waals surface area contributed by atoms with Gasteiger partial charge in [0.2, 0.25) is 0 Å². The van der Waals surface area contributed by atoms with Crippen LogP contribution < -0.4 is 15.7 Å². The third-order valence-corrected chi connectivity index (χ3v) is 2.96. The highest BCUT2D eigenvalue weighted by molar-refractivity contribution is 5.82. The SMILES string of the molecule is CCCNC(=O)COc1ccc2c(C(F)(F)F)cc(=O)oc2c1. The number of alkyl halides is 3. The van der Waals surface area contributed by atoms with Gasteiger partial charge in [0, 0.05) is 24.1 Å². The molecule has 0 unspecified atom stereocenters. The van der Waals surface area contributed by atoms with Crippen LogP contribution in [-0.4, -0.2) is 19.1 Å². The van der Waals surface area contributed by atoms with Crippen LogP contribution in [0.2, 0.25) is 0 Å². The topological polar surface area (TPSA) is 68.5 Å². The van der Waals surface area contributed by atoms with Crippen molar-refractivity contribution >= 4 is 16.9 Å². The normalized spacial score (nSPS) is 11.5. The molecule has 1 heterocycles. The number of carbonyl (C=O) groups is 1. The van der Waals surface area contributed by atoms with Crippen molar-refractivity contribution in [3.8, 4) is 5.75 Å². The van der Waals surface area contributed by atoms with Gasteiger partial charge in [-0.3, -0.25) is 4.79 Å². The standard InChI is InChI=1S/C15H14F3NO4/c1-2-5-19-13(20)8-22-9-3-4-10-11(15(16,17)18)7-14(21)23-12(10)6-9/h3-4,6-7H,2,5,8H2,1H3,(H,19,20). The zero-order chi connectivity index (χ0) is 17.0. The Labute approximate surface area is 129 Å². The molecule has 0 aliphatic carbocycles. The van der Waals surface area contributed by atoms with Gasteiger partial charge in [0.05, 0.1) is 5.56 Å². The van der Waals surface area contributed by atoms with E-state index in [1.807, 2.05) is 6.92 Å². The van der Waals surface area contributed by atoms with Gasteiger partial charge in [0.1, 0.15) is 11.3 Å². The van der Waals surface area contributed by atoms with Gasteiger partial charge in [0.25, 0.3) is 5.91 Å². The monoisotopic (exact) mass is 329 g/mol. The minimum Gasteiger partial charge on any atom is -0.484 e. The lowest BCUT2D eigenvalue weighted by molar-refractivity contribution is -0.136. The molecule has 0 bridgehead atoms. The van der Waals surface area contributed by atoms with Crippen molar-refractivity contribution in [3.05, 3.63) is 40.2 Å². The van der Waals surface area contributed by atoms with Crippen LogP contribution in [0.3, 0.4) is 0 Å². The van der Waals surface area contributed by atoms with Crippen molar-refractivity contribution in [1.82, 2.24) is 5.32 Å². The van der Waals surface area contributed by atoms with Crippen LogP contribution in [-0.2, 0) is 11.0 Å². The lowest BCUT2D eigenvalue weighted by atomic mass is 10.1. The van der Waals surface area contributed by atoms with Gasteiger partial charge in [-0.05, 0) is 18.6 Å². The zero-order valence-electron chi connectivity index (χ0n) is 12.2. The number of rotatable bonds is 5. The molecule has 0 aliphatic heterocycles. The van der Waals surface area contributed by atoms with Crippen molar-refractivity contribution < 1.29 is 27.1 Å². The Morgan fingerprint density at radius 2 is 2.04 bits per heavy atom. The predicted octanol–water partition coefficient (Wildman–Crippen LogP) is 2.72. The maximum atomic E-state index is 12.9. The number of amides is 1. The summed E-state index contributed by atoms with van der Waals surface area (Å²) in [6, 6.07) is 3.98. The second-order valence-electron chi connectivity index (χ2n) is 4.77. The highest BCUT2D eigenvalue weighted by Gasteiger charge is 2.33.